The number of phenols is 3. The van der Waals surface area contributed by atoms with E-state index in [2.05, 4.69) is 0 Å². The fourth-order valence-corrected chi connectivity index (χ4v) is 3.16. The molecule has 0 aliphatic heterocycles. The molecule has 2 aromatic rings. The quantitative estimate of drug-likeness (QED) is 0.742. The molecule has 2 aromatic carbocycles. The van der Waals surface area contributed by atoms with E-state index in [1.807, 2.05) is 0 Å². The van der Waals surface area contributed by atoms with Gasteiger partial charge in [0.1, 0.15) is 23.0 Å². The second kappa shape index (κ2) is 5.64. The zero-order chi connectivity index (χ0) is 16.7. The first-order valence-electron chi connectivity index (χ1n) is 7.14. The summed E-state index contributed by atoms with van der Waals surface area (Å²) in [6, 6.07) is 8.72. The Labute approximate surface area is 132 Å². The van der Waals surface area contributed by atoms with Crippen molar-refractivity contribution >= 4 is 0 Å². The van der Waals surface area contributed by atoms with Gasteiger partial charge < -0.3 is 30.3 Å². The Kier molecular flexibility index (Phi) is 3.79. The standard InChI is InChI=1S/C17H16O6/c1-23-10-4-2-8(3-5-10)13-16(21)15(17(13)22)14-11(19)6-9(18)7-12(14)20/h2-7,13,15-20H,1H3/q-2. The Bertz CT molecular complexity index is 679. The maximum absolute atomic E-state index is 12.5. The molecule has 0 amide bonds. The average molecular weight is 316 g/mol. The molecule has 0 aromatic heterocycles. The maximum atomic E-state index is 12.5. The van der Waals surface area contributed by atoms with E-state index < -0.39 is 35.5 Å². The lowest BCUT2D eigenvalue weighted by Gasteiger charge is -2.61. The molecule has 2 atom stereocenters. The second-order valence-electron chi connectivity index (χ2n) is 5.65. The molecule has 6 nitrogen and oxygen atoms in total. The molecule has 0 radical (unpaired) electrons. The van der Waals surface area contributed by atoms with Gasteiger partial charge in [-0.3, -0.25) is 0 Å². The SMILES string of the molecule is COc1ccc(C2C([O-])C(c3c(O)cc(O)cc3O)C2[O-])cc1. The summed E-state index contributed by atoms with van der Waals surface area (Å²) in [5.74, 6) is -2.39. The summed E-state index contributed by atoms with van der Waals surface area (Å²) in [4.78, 5) is 0. The summed E-state index contributed by atoms with van der Waals surface area (Å²) in [7, 11) is 1.53. The first-order chi connectivity index (χ1) is 10.9. The van der Waals surface area contributed by atoms with Crippen LogP contribution >= 0.6 is 0 Å². The summed E-state index contributed by atoms with van der Waals surface area (Å²) < 4.78 is 5.04. The van der Waals surface area contributed by atoms with Crippen LogP contribution in [0.5, 0.6) is 23.0 Å². The lowest BCUT2D eigenvalue weighted by molar-refractivity contribution is -0.536. The third kappa shape index (κ3) is 2.46. The lowest BCUT2D eigenvalue weighted by atomic mass is 9.63. The molecule has 0 heterocycles. The number of methoxy groups -OCH3 is 1. The molecule has 1 fully saturated rings. The summed E-state index contributed by atoms with van der Waals surface area (Å²) in [6.45, 7) is 0. The van der Waals surface area contributed by atoms with Gasteiger partial charge in [0.2, 0.25) is 0 Å². The first kappa shape index (κ1) is 15.5. The van der Waals surface area contributed by atoms with Crippen molar-refractivity contribution in [3.05, 3.63) is 47.5 Å². The molecular formula is C17H16O6-2. The number of hydrogen-bond acceptors (Lipinski definition) is 6. The van der Waals surface area contributed by atoms with E-state index in [1.54, 1.807) is 24.3 Å². The van der Waals surface area contributed by atoms with Crippen molar-refractivity contribution in [1.82, 2.24) is 0 Å². The van der Waals surface area contributed by atoms with E-state index in [1.165, 1.54) is 7.11 Å². The lowest BCUT2D eigenvalue weighted by Crippen LogP contribution is -2.63. The maximum Gasteiger partial charge on any atom is 0.126 e. The largest absolute Gasteiger partial charge is 0.851 e. The van der Waals surface area contributed by atoms with Crippen LogP contribution in [0.3, 0.4) is 0 Å². The molecule has 0 spiro atoms. The van der Waals surface area contributed by atoms with E-state index in [-0.39, 0.29) is 11.3 Å². The van der Waals surface area contributed by atoms with E-state index in [0.29, 0.717) is 11.3 Å². The van der Waals surface area contributed by atoms with Crippen molar-refractivity contribution in [2.75, 3.05) is 7.11 Å². The topological polar surface area (TPSA) is 116 Å². The van der Waals surface area contributed by atoms with Gasteiger partial charge in [0, 0.05) is 17.7 Å². The van der Waals surface area contributed by atoms with Gasteiger partial charge in [0.15, 0.2) is 0 Å². The highest BCUT2D eigenvalue weighted by Crippen LogP contribution is 2.51. The summed E-state index contributed by atoms with van der Waals surface area (Å²) in [5.41, 5.74) is 0.521. The average Bonchev–Trinajstić information content (AvgIpc) is 2.51. The van der Waals surface area contributed by atoms with Crippen molar-refractivity contribution < 1.29 is 30.3 Å². The van der Waals surface area contributed by atoms with Gasteiger partial charge in [0.25, 0.3) is 0 Å². The minimum atomic E-state index is -1.28. The molecule has 1 aliphatic rings. The van der Waals surface area contributed by atoms with Gasteiger partial charge >= 0.3 is 0 Å². The number of benzene rings is 2. The van der Waals surface area contributed by atoms with Crippen molar-refractivity contribution in [3.63, 3.8) is 0 Å². The van der Waals surface area contributed by atoms with Crippen LogP contribution < -0.4 is 14.9 Å². The van der Waals surface area contributed by atoms with Crippen LogP contribution in [0.1, 0.15) is 23.0 Å². The van der Waals surface area contributed by atoms with Gasteiger partial charge in [0.05, 0.1) is 7.11 Å². The highest BCUT2D eigenvalue weighted by atomic mass is 16.5. The van der Waals surface area contributed by atoms with Crippen molar-refractivity contribution in [3.8, 4) is 23.0 Å². The Balaban J connectivity index is 1.89. The summed E-state index contributed by atoms with van der Waals surface area (Å²) in [6.07, 6.45) is -2.57. The number of rotatable bonds is 3. The Hall–Kier alpha value is -2.44. The van der Waals surface area contributed by atoms with Crippen molar-refractivity contribution in [1.29, 1.82) is 0 Å². The van der Waals surface area contributed by atoms with Crippen LogP contribution in [0, 0.1) is 0 Å². The molecular weight excluding hydrogens is 300 g/mol. The molecule has 2 unspecified atom stereocenters. The van der Waals surface area contributed by atoms with Gasteiger partial charge in [-0.05, 0) is 29.5 Å². The smallest absolute Gasteiger partial charge is 0.126 e. The molecule has 23 heavy (non-hydrogen) atoms. The van der Waals surface area contributed by atoms with Gasteiger partial charge in [-0.15, -0.1) is 12.2 Å². The van der Waals surface area contributed by atoms with Gasteiger partial charge in [-0.25, -0.2) is 0 Å². The van der Waals surface area contributed by atoms with Gasteiger partial charge in [-0.2, -0.15) is 0 Å². The molecule has 6 heteroatoms. The van der Waals surface area contributed by atoms with Crippen molar-refractivity contribution in [2.45, 2.75) is 24.0 Å². The summed E-state index contributed by atoms with van der Waals surface area (Å²) in [5, 5.41) is 54.0. The first-order valence-corrected chi connectivity index (χ1v) is 7.14. The highest BCUT2D eigenvalue weighted by molar-refractivity contribution is 5.53. The Morgan fingerprint density at radius 1 is 0.870 bits per heavy atom. The van der Waals surface area contributed by atoms with E-state index in [4.69, 9.17) is 4.74 Å². The zero-order valence-electron chi connectivity index (χ0n) is 12.3. The Morgan fingerprint density at radius 2 is 1.39 bits per heavy atom. The molecule has 1 saturated carbocycles. The van der Waals surface area contributed by atoms with Crippen LogP contribution in [-0.4, -0.2) is 34.6 Å². The third-order valence-electron chi connectivity index (χ3n) is 4.37. The minimum absolute atomic E-state index is 0.0902. The minimum Gasteiger partial charge on any atom is -0.851 e. The predicted octanol–water partition coefficient (Wildman–Crippen LogP) is 0.151. The van der Waals surface area contributed by atoms with Gasteiger partial charge in [-0.1, -0.05) is 12.1 Å². The molecule has 3 rings (SSSR count). The van der Waals surface area contributed by atoms with Crippen molar-refractivity contribution in [2.24, 2.45) is 0 Å². The summed E-state index contributed by atoms with van der Waals surface area (Å²) >= 11 is 0. The third-order valence-corrected chi connectivity index (χ3v) is 4.37. The predicted molar refractivity (Wildman–Crippen MR) is 77.5 cm³/mol. The molecule has 0 saturated heterocycles. The number of aromatic hydroxyl groups is 3. The zero-order valence-corrected chi connectivity index (χ0v) is 12.3. The van der Waals surface area contributed by atoms with Crippen LogP contribution in [-0.2, 0) is 0 Å². The van der Waals surface area contributed by atoms with E-state index >= 15 is 0 Å². The Morgan fingerprint density at radius 3 is 1.87 bits per heavy atom. The normalized spacial score (nSPS) is 26.6. The van der Waals surface area contributed by atoms with E-state index in [0.717, 1.165) is 12.1 Å². The monoisotopic (exact) mass is 316 g/mol. The number of hydrogen-bond donors (Lipinski definition) is 3. The number of phenolic OH excluding ortho intramolecular Hbond substituents is 3. The number of ether oxygens (including phenoxy) is 1. The molecule has 1 aliphatic carbocycles. The molecule has 0 bridgehead atoms. The second-order valence-corrected chi connectivity index (χ2v) is 5.65. The van der Waals surface area contributed by atoms with E-state index in [9.17, 15) is 25.5 Å². The highest BCUT2D eigenvalue weighted by Gasteiger charge is 2.41. The molecule has 122 valence electrons. The van der Waals surface area contributed by atoms with Crippen LogP contribution in [0.25, 0.3) is 0 Å². The fourth-order valence-electron chi connectivity index (χ4n) is 3.16. The van der Waals surface area contributed by atoms with Crippen LogP contribution in [0.15, 0.2) is 36.4 Å². The fraction of sp³-hybridized carbons (Fsp3) is 0.294. The van der Waals surface area contributed by atoms with Crippen LogP contribution in [0.4, 0.5) is 0 Å². The van der Waals surface area contributed by atoms with Crippen LogP contribution in [0.2, 0.25) is 0 Å². The molecule has 3 N–H and O–H groups in total.